The van der Waals surface area contributed by atoms with Gasteiger partial charge >= 0.3 is 6.03 Å². The molecule has 1 aromatic carbocycles. The summed E-state index contributed by atoms with van der Waals surface area (Å²) >= 11 is 6.20. The van der Waals surface area contributed by atoms with Crippen molar-refractivity contribution in [1.29, 1.82) is 0 Å². The van der Waals surface area contributed by atoms with Gasteiger partial charge in [-0.15, -0.1) is 0 Å². The molecule has 138 valence electrons. The van der Waals surface area contributed by atoms with Crippen LogP contribution in [-0.2, 0) is 9.47 Å². The van der Waals surface area contributed by atoms with Crippen LogP contribution in [0.3, 0.4) is 0 Å². The molecule has 2 fully saturated rings. The van der Waals surface area contributed by atoms with E-state index in [1.807, 2.05) is 6.92 Å². The van der Waals surface area contributed by atoms with E-state index >= 15 is 0 Å². The number of hydrogen-bond donors (Lipinski definition) is 2. The summed E-state index contributed by atoms with van der Waals surface area (Å²) < 4.78 is 16.9. The van der Waals surface area contributed by atoms with Crippen LogP contribution in [0.4, 0.5) is 10.5 Å². The van der Waals surface area contributed by atoms with Gasteiger partial charge in [0, 0.05) is 31.4 Å². The number of nitrogens with one attached hydrogen (secondary N) is 2. The standard InChI is InChI=1S/C18H25ClN2O4/c1-2-7-24-16-4-3-13(10-15(16)19)20-17(22)21-14-5-8-25-18(11-14)6-9-23-12-18/h3-4,10,14H,2,5-9,11-12H2,1H3,(H2,20,21,22)/t14-,18-/m1/s1. The van der Waals surface area contributed by atoms with E-state index in [9.17, 15) is 4.79 Å². The summed E-state index contributed by atoms with van der Waals surface area (Å²) in [6, 6.07) is 5.10. The van der Waals surface area contributed by atoms with Crippen LogP contribution < -0.4 is 15.4 Å². The molecule has 2 amide bonds. The Hall–Kier alpha value is -1.50. The first-order valence-electron chi connectivity index (χ1n) is 8.82. The van der Waals surface area contributed by atoms with Gasteiger partial charge in [-0.05, 0) is 37.5 Å². The highest BCUT2D eigenvalue weighted by Gasteiger charge is 2.41. The Bertz CT molecular complexity index is 605. The van der Waals surface area contributed by atoms with E-state index in [2.05, 4.69) is 10.6 Å². The van der Waals surface area contributed by atoms with Crippen LogP contribution in [0.15, 0.2) is 18.2 Å². The van der Waals surface area contributed by atoms with E-state index in [1.165, 1.54) is 0 Å². The molecule has 0 bridgehead atoms. The largest absolute Gasteiger partial charge is 0.492 e. The van der Waals surface area contributed by atoms with Crippen LogP contribution in [0.25, 0.3) is 0 Å². The predicted molar refractivity (Wildman–Crippen MR) is 96.5 cm³/mol. The van der Waals surface area contributed by atoms with Crippen molar-refractivity contribution in [3.05, 3.63) is 23.2 Å². The quantitative estimate of drug-likeness (QED) is 0.833. The van der Waals surface area contributed by atoms with Gasteiger partial charge in [-0.1, -0.05) is 18.5 Å². The topological polar surface area (TPSA) is 68.8 Å². The van der Waals surface area contributed by atoms with E-state index in [0.717, 1.165) is 32.3 Å². The minimum absolute atomic E-state index is 0.0816. The minimum atomic E-state index is -0.237. The number of rotatable bonds is 5. The molecule has 2 saturated heterocycles. The number of urea groups is 1. The van der Waals surface area contributed by atoms with Gasteiger partial charge in [-0.3, -0.25) is 0 Å². The Morgan fingerprint density at radius 3 is 3.04 bits per heavy atom. The maximum absolute atomic E-state index is 12.3. The maximum atomic E-state index is 12.3. The molecule has 0 radical (unpaired) electrons. The van der Waals surface area contributed by atoms with Crippen LogP contribution in [0.1, 0.15) is 32.6 Å². The fourth-order valence-electron chi connectivity index (χ4n) is 3.27. The average Bonchev–Trinajstić information content (AvgIpc) is 3.01. The second kappa shape index (κ2) is 8.25. The van der Waals surface area contributed by atoms with Gasteiger partial charge < -0.3 is 24.8 Å². The Kier molecular flexibility index (Phi) is 6.04. The van der Waals surface area contributed by atoms with Crippen LogP contribution in [0, 0.1) is 0 Å². The molecule has 25 heavy (non-hydrogen) atoms. The molecule has 0 saturated carbocycles. The lowest BCUT2D eigenvalue weighted by molar-refractivity contribution is -0.0877. The van der Waals surface area contributed by atoms with Crippen LogP contribution in [0.5, 0.6) is 5.75 Å². The number of amides is 2. The molecule has 3 rings (SSSR count). The number of carbonyl (C=O) groups excluding carboxylic acids is 1. The molecule has 2 heterocycles. The van der Waals surface area contributed by atoms with Crippen molar-refractivity contribution in [2.75, 3.05) is 31.7 Å². The molecule has 0 unspecified atom stereocenters. The van der Waals surface area contributed by atoms with Crippen molar-refractivity contribution < 1.29 is 19.0 Å². The fourth-order valence-corrected chi connectivity index (χ4v) is 3.51. The second-order valence-electron chi connectivity index (χ2n) is 6.62. The Morgan fingerprint density at radius 2 is 2.32 bits per heavy atom. The van der Waals surface area contributed by atoms with Gasteiger partial charge in [0.1, 0.15) is 5.75 Å². The zero-order valence-electron chi connectivity index (χ0n) is 14.5. The molecule has 2 atom stereocenters. The molecule has 2 N–H and O–H groups in total. The highest BCUT2D eigenvalue weighted by Crippen LogP contribution is 2.33. The van der Waals surface area contributed by atoms with Gasteiger partial charge in [0.15, 0.2) is 0 Å². The summed E-state index contributed by atoms with van der Waals surface area (Å²) in [5.74, 6) is 0.627. The van der Waals surface area contributed by atoms with Gasteiger partial charge in [0.25, 0.3) is 0 Å². The van der Waals surface area contributed by atoms with Crippen LogP contribution in [0.2, 0.25) is 5.02 Å². The third-order valence-electron chi connectivity index (χ3n) is 4.55. The summed E-state index contributed by atoms with van der Waals surface area (Å²) in [5, 5.41) is 6.34. The highest BCUT2D eigenvalue weighted by atomic mass is 35.5. The number of halogens is 1. The Balaban J connectivity index is 1.53. The van der Waals surface area contributed by atoms with E-state index in [4.69, 9.17) is 25.8 Å². The zero-order valence-corrected chi connectivity index (χ0v) is 15.2. The van der Waals surface area contributed by atoms with Crippen LogP contribution in [-0.4, -0.2) is 44.1 Å². The van der Waals surface area contributed by atoms with Crippen molar-refractivity contribution in [2.24, 2.45) is 0 Å². The van der Waals surface area contributed by atoms with E-state index in [-0.39, 0.29) is 17.7 Å². The first kappa shape index (κ1) is 18.3. The molecule has 1 aromatic rings. The molecule has 7 heteroatoms. The average molecular weight is 369 g/mol. The fraction of sp³-hybridized carbons (Fsp3) is 0.611. The van der Waals surface area contributed by atoms with Crippen LogP contribution >= 0.6 is 11.6 Å². The molecular weight excluding hydrogens is 344 g/mol. The predicted octanol–water partition coefficient (Wildman–Crippen LogP) is 3.59. The first-order chi connectivity index (χ1) is 12.1. The van der Waals surface area contributed by atoms with Gasteiger partial charge in [0.05, 0.1) is 23.8 Å². The molecule has 6 nitrogen and oxygen atoms in total. The summed E-state index contributed by atoms with van der Waals surface area (Å²) in [6.07, 6.45) is 3.39. The lowest BCUT2D eigenvalue weighted by Crippen LogP contribution is -2.49. The smallest absolute Gasteiger partial charge is 0.319 e. The number of hydrogen-bond acceptors (Lipinski definition) is 4. The SMILES string of the molecule is CCCOc1ccc(NC(=O)N[C@@H]2CCO[C@]3(CCOC3)C2)cc1Cl. The highest BCUT2D eigenvalue weighted by molar-refractivity contribution is 6.32. The number of benzene rings is 1. The molecule has 1 spiro atoms. The number of ether oxygens (including phenoxy) is 3. The number of carbonyl (C=O) groups is 1. The van der Waals surface area contributed by atoms with Gasteiger partial charge in [-0.2, -0.15) is 0 Å². The summed E-state index contributed by atoms with van der Waals surface area (Å²) in [4.78, 5) is 12.3. The molecular formula is C18H25ClN2O4. The van der Waals surface area contributed by atoms with E-state index in [0.29, 0.717) is 36.3 Å². The molecule has 2 aliphatic rings. The molecule has 2 aliphatic heterocycles. The first-order valence-corrected chi connectivity index (χ1v) is 9.19. The monoisotopic (exact) mass is 368 g/mol. The normalized spacial score (nSPS) is 25.8. The van der Waals surface area contributed by atoms with Gasteiger partial charge in [0.2, 0.25) is 0 Å². The minimum Gasteiger partial charge on any atom is -0.492 e. The molecule has 0 aromatic heterocycles. The zero-order chi connectivity index (χ0) is 17.7. The lowest BCUT2D eigenvalue weighted by Gasteiger charge is -2.37. The lowest BCUT2D eigenvalue weighted by atomic mass is 9.90. The van der Waals surface area contributed by atoms with E-state index in [1.54, 1.807) is 18.2 Å². The van der Waals surface area contributed by atoms with Crippen molar-refractivity contribution >= 4 is 23.3 Å². The second-order valence-corrected chi connectivity index (χ2v) is 7.02. The van der Waals surface area contributed by atoms with Crippen molar-refractivity contribution in [2.45, 2.75) is 44.2 Å². The third kappa shape index (κ3) is 4.77. The summed E-state index contributed by atoms with van der Waals surface area (Å²) in [6.45, 7) is 4.63. The van der Waals surface area contributed by atoms with Crippen molar-refractivity contribution in [3.8, 4) is 5.75 Å². The third-order valence-corrected chi connectivity index (χ3v) is 4.84. The summed E-state index contributed by atoms with van der Waals surface area (Å²) in [7, 11) is 0. The van der Waals surface area contributed by atoms with Gasteiger partial charge in [-0.25, -0.2) is 4.79 Å². The van der Waals surface area contributed by atoms with E-state index < -0.39 is 0 Å². The molecule has 0 aliphatic carbocycles. The van der Waals surface area contributed by atoms with Crippen molar-refractivity contribution in [3.63, 3.8) is 0 Å². The van der Waals surface area contributed by atoms with Crippen molar-refractivity contribution in [1.82, 2.24) is 5.32 Å². The summed E-state index contributed by atoms with van der Waals surface area (Å²) in [5.41, 5.74) is 0.412. The maximum Gasteiger partial charge on any atom is 0.319 e. The Morgan fingerprint density at radius 1 is 1.44 bits per heavy atom. The number of anilines is 1. The Labute approximate surface area is 153 Å².